The molecule has 1 aromatic carbocycles. The zero-order valence-corrected chi connectivity index (χ0v) is 9.31. The van der Waals surface area contributed by atoms with Crippen LogP contribution < -0.4 is 9.64 Å². The van der Waals surface area contributed by atoms with Crippen LogP contribution >= 0.6 is 12.4 Å². The Labute approximate surface area is 99.5 Å². The van der Waals surface area contributed by atoms with Crippen LogP contribution in [-0.4, -0.2) is 24.2 Å². The highest BCUT2D eigenvalue weighted by Crippen LogP contribution is 2.29. The van der Waals surface area contributed by atoms with E-state index in [4.69, 9.17) is 9.84 Å². The van der Waals surface area contributed by atoms with Crippen LogP contribution in [-0.2, 0) is 4.79 Å². The highest BCUT2D eigenvalue weighted by Gasteiger charge is 2.14. The molecule has 0 radical (unpaired) electrons. The van der Waals surface area contributed by atoms with Crippen molar-refractivity contribution in [1.29, 1.82) is 0 Å². The number of aliphatic carboxylic acids is 1. The third-order valence-corrected chi connectivity index (χ3v) is 2.10. The number of ether oxygens (including phenoxy) is 1. The van der Waals surface area contributed by atoms with Crippen molar-refractivity contribution in [3.8, 4) is 5.75 Å². The summed E-state index contributed by atoms with van der Waals surface area (Å²) in [6, 6.07) is 7.39. The number of carbonyl (C=O) groups is 1. The third-order valence-electron chi connectivity index (χ3n) is 2.10. The summed E-state index contributed by atoms with van der Waals surface area (Å²) in [5, 5.41) is 8.77. The molecule has 0 saturated carbocycles. The molecule has 0 spiro atoms. The molecule has 0 bridgehead atoms. The fraction of sp³-hybridized carbons (Fsp3) is 0.182. The van der Waals surface area contributed by atoms with Crippen molar-refractivity contribution in [1.82, 2.24) is 0 Å². The van der Waals surface area contributed by atoms with Crippen LogP contribution in [0.3, 0.4) is 0 Å². The predicted octanol–water partition coefficient (Wildman–Crippen LogP) is 1.91. The zero-order chi connectivity index (χ0) is 10.7. The van der Waals surface area contributed by atoms with Crippen LogP contribution in [0.2, 0.25) is 0 Å². The summed E-state index contributed by atoms with van der Waals surface area (Å²) < 4.78 is 5.44. The molecule has 86 valence electrons. The van der Waals surface area contributed by atoms with Crippen molar-refractivity contribution in [3.05, 3.63) is 36.5 Å². The maximum atomic E-state index is 10.7. The molecule has 1 aromatic rings. The molecule has 1 aliphatic rings. The average molecular weight is 242 g/mol. The lowest BCUT2D eigenvalue weighted by Gasteiger charge is -2.18. The van der Waals surface area contributed by atoms with E-state index in [0.717, 1.165) is 5.69 Å². The maximum Gasteiger partial charge on any atom is 0.323 e. The Morgan fingerprint density at radius 1 is 1.44 bits per heavy atom. The van der Waals surface area contributed by atoms with Gasteiger partial charge in [0.1, 0.15) is 18.9 Å². The van der Waals surface area contributed by atoms with Gasteiger partial charge in [-0.15, -0.1) is 12.4 Å². The first-order chi connectivity index (χ1) is 7.27. The number of anilines is 1. The van der Waals surface area contributed by atoms with Crippen LogP contribution in [0, 0.1) is 0 Å². The van der Waals surface area contributed by atoms with Crippen molar-refractivity contribution in [2.75, 3.05) is 18.1 Å². The summed E-state index contributed by atoms with van der Waals surface area (Å²) in [6.45, 7) is 0.407. The minimum atomic E-state index is -0.864. The molecule has 5 heteroatoms. The largest absolute Gasteiger partial charge is 0.487 e. The van der Waals surface area contributed by atoms with Crippen molar-refractivity contribution in [2.24, 2.45) is 0 Å². The van der Waals surface area contributed by atoms with Gasteiger partial charge in [-0.3, -0.25) is 4.79 Å². The van der Waals surface area contributed by atoms with Gasteiger partial charge < -0.3 is 14.7 Å². The van der Waals surface area contributed by atoms with E-state index < -0.39 is 5.97 Å². The standard InChI is InChI=1S/C11H11NO3.ClH/c13-11(14)8-12-6-3-7-15-10-5-2-1-4-9(10)12;/h1-6H,7-8H2,(H,13,14);1H. The Bertz CT molecular complexity index is 406. The molecule has 0 saturated heterocycles. The van der Waals surface area contributed by atoms with Gasteiger partial charge in [-0.25, -0.2) is 0 Å². The Morgan fingerprint density at radius 3 is 2.94 bits per heavy atom. The third kappa shape index (κ3) is 2.67. The minimum Gasteiger partial charge on any atom is -0.487 e. The summed E-state index contributed by atoms with van der Waals surface area (Å²) in [5.41, 5.74) is 0.786. The molecule has 0 unspecified atom stereocenters. The lowest BCUT2D eigenvalue weighted by atomic mass is 10.2. The van der Waals surface area contributed by atoms with Crippen molar-refractivity contribution >= 4 is 24.1 Å². The van der Waals surface area contributed by atoms with Gasteiger partial charge in [0.05, 0.1) is 5.69 Å². The molecule has 0 atom stereocenters. The van der Waals surface area contributed by atoms with E-state index in [9.17, 15) is 4.79 Å². The highest BCUT2D eigenvalue weighted by molar-refractivity contribution is 5.85. The minimum absolute atomic E-state index is 0. The van der Waals surface area contributed by atoms with Gasteiger partial charge in [0.15, 0.2) is 0 Å². The van der Waals surface area contributed by atoms with Crippen molar-refractivity contribution in [2.45, 2.75) is 0 Å². The van der Waals surface area contributed by atoms with Gasteiger partial charge in [-0.05, 0) is 18.2 Å². The fourth-order valence-electron chi connectivity index (χ4n) is 1.49. The molecule has 16 heavy (non-hydrogen) atoms. The van der Waals surface area contributed by atoms with E-state index in [2.05, 4.69) is 0 Å². The van der Waals surface area contributed by atoms with Gasteiger partial charge in [-0.1, -0.05) is 12.1 Å². The first-order valence-electron chi connectivity index (χ1n) is 4.64. The number of benzene rings is 1. The number of hydrogen-bond acceptors (Lipinski definition) is 3. The van der Waals surface area contributed by atoms with Gasteiger partial charge in [-0.2, -0.15) is 0 Å². The van der Waals surface area contributed by atoms with E-state index in [1.54, 1.807) is 17.2 Å². The van der Waals surface area contributed by atoms with Crippen LogP contribution in [0.1, 0.15) is 0 Å². The predicted molar refractivity (Wildman–Crippen MR) is 63.3 cm³/mol. The molecule has 0 aliphatic carbocycles. The quantitative estimate of drug-likeness (QED) is 0.859. The monoisotopic (exact) mass is 241 g/mol. The normalized spacial score (nSPS) is 13.1. The molecular weight excluding hydrogens is 230 g/mol. The second-order valence-corrected chi connectivity index (χ2v) is 3.19. The summed E-state index contributed by atoms with van der Waals surface area (Å²) in [7, 11) is 0. The molecule has 4 nitrogen and oxygen atoms in total. The van der Waals surface area contributed by atoms with E-state index >= 15 is 0 Å². The number of hydrogen-bond donors (Lipinski definition) is 1. The number of fused-ring (bicyclic) bond motifs is 1. The molecule has 0 fully saturated rings. The second-order valence-electron chi connectivity index (χ2n) is 3.19. The topological polar surface area (TPSA) is 49.8 Å². The molecule has 1 aliphatic heterocycles. The Balaban J connectivity index is 0.00000128. The number of para-hydroxylation sites is 2. The van der Waals surface area contributed by atoms with Gasteiger partial charge in [0.2, 0.25) is 0 Å². The summed E-state index contributed by atoms with van der Waals surface area (Å²) in [5.74, 6) is -0.153. The second kappa shape index (κ2) is 5.42. The number of halogens is 1. The first-order valence-corrected chi connectivity index (χ1v) is 4.64. The molecule has 1 heterocycles. The van der Waals surface area contributed by atoms with Crippen LogP contribution in [0.4, 0.5) is 5.69 Å². The highest BCUT2D eigenvalue weighted by atomic mass is 35.5. The molecule has 1 N–H and O–H groups in total. The van der Waals surface area contributed by atoms with E-state index in [1.165, 1.54) is 0 Å². The Morgan fingerprint density at radius 2 is 2.19 bits per heavy atom. The average Bonchev–Trinajstić information content (AvgIpc) is 2.41. The molecule has 2 rings (SSSR count). The Hall–Kier alpha value is -1.68. The number of carboxylic acid groups (broad SMARTS) is 1. The van der Waals surface area contributed by atoms with Gasteiger partial charge in [0, 0.05) is 6.20 Å². The van der Waals surface area contributed by atoms with Crippen LogP contribution in [0.15, 0.2) is 36.5 Å². The van der Waals surface area contributed by atoms with Crippen LogP contribution in [0.25, 0.3) is 0 Å². The van der Waals surface area contributed by atoms with Crippen LogP contribution in [0.5, 0.6) is 5.75 Å². The summed E-state index contributed by atoms with van der Waals surface area (Å²) in [6.07, 6.45) is 3.53. The van der Waals surface area contributed by atoms with E-state index in [1.807, 2.05) is 24.3 Å². The maximum absolute atomic E-state index is 10.7. The van der Waals surface area contributed by atoms with Gasteiger partial charge in [0.25, 0.3) is 0 Å². The Kier molecular flexibility index (Phi) is 4.19. The molecular formula is C11H12ClNO3. The SMILES string of the molecule is Cl.O=C(O)CN1C=CCOc2ccccc21. The van der Waals surface area contributed by atoms with E-state index in [0.29, 0.717) is 12.4 Å². The lowest BCUT2D eigenvalue weighted by molar-refractivity contribution is -0.135. The molecule has 0 aromatic heterocycles. The zero-order valence-electron chi connectivity index (χ0n) is 8.50. The smallest absolute Gasteiger partial charge is 0.323 e. The van der Waals surface area contributed by atoms with Crippen molar-refractivity contribution < 1.29 is 14.6 Å². The summed E-state index contributed by atoms with van der Waals surface area (Å²) >= 11 is 0. The molecule has 0 amide bonds. The fourth-order valence-corrected chi connectivity index (χ4v) is 1.49. The van der Waals surface area contributed by atoms with E-state index in [-0.39, 0.29) is 19.0 Å². The number of rotatable bonds is 2. The first kappa shape index (κ1) is 12.4. The number of nitrogens with zero attached hydrogens (tertiary/aromatic N) is 1. The lowest BCUT2D eigenvalue weighted by Crippen LogP contribution is -2.23. The summed E-state index contributed by atoms with van der Waals surface area (Å²) in [4.78, 5) is 12.3. The van der Waals surface area contributed by atoms with Gasteiger partial charge >= 0.3 is 5.97 Å². The van der Waals surface area contributed by atoms with Crippen molar-refractivity contribution in [3.63, 3.8) is 0 Å². The number of carboxylic acids is 1.